The van der Waals surface area contributed by atoms with Crippen LogP contribution in [0.2, 0.25) is 0 Å². The highest BCUT2D eigenvalue weighted by atomic mass is 16.6. The number of aliphatic hydroxyl groups is 1. The van der Waals surface area contributed by atoms with E-state index in [1.54, 1.807) is 4.90 Å². The van der Waals surface area contributed by atoms with Gasteiger partial charge in [0.15, 0.2) is 0 Å². The van der Waals surface area contributed by atoms with Crippen molar-refractivity contribution in [3.63, 3.8) is 0 Å². The quantitative estimate of drug-likeness (QED) is 0.256. The molecule has 1 N–H and O–H groups in total. The number of nitrogens with zero attached hydrogens (tertiary/aromatic N) is 2. The first-order chi connectivity index (χ1) is 18.8. The summed E-state index contributed by atoms with van der Waals surface area (Å²) in [6.45, 7) is 13.9. The van der Waals surface area contributed by atoms with Crippen molar-refractivity contribution in [1.82, 2.24) is 9.80 Å². The van der Waals surface area contributed by atoms with Gasteiger partial charge >= 0.3 is 5.97 Å². The Hall–Kier alpha value is -2.19. The number of esters is 1. The number of unbranched alkanes of at least 4 members (excludes halogenated alkanes) is 3. The van der Waals surface area contributed by atoms with Gasteiger partial charge in [0.05, 0.1) is 12.5 Å². The third-order valence-corrected chi connectivity index (χ3v) is 9.13. The van der Waals surface area contributed by atoms with Crippen molar-refractivity contribution in [2.45, 2.75) is 116 Å². The molecule has 2 saturated heterocycles. The number of likely N-dealkylation sites (tertiary alicyclic amines) is 1. The highest BCUT2D eigenvalue weighted by Crippen LogP contribution is 2.58. The van der Waals surface area contributed by atoms with E-state index in [1.165, 1.54) is 0 Å². The Morgan fingerprint density at radius 1 is 0.975 bits per heavy atom. The number of cyclic esters (lactones) is 1. The molecule has 4 heterocycles. The minimum absolute atomic E-state index is 0.00740. The third kappa shape index (κ3) is 5.50. The van der Waals surface area contributed by atoms with Crippen LogP contribution in [0.5, 0.6) is 0 Å². The maximum absolute atomic E-state index is 14.7. The van der Waals surface area contributed by atoms with Crippen LogP contribution in [0.25, 0.3) is 0 Å². The fraction of sp³-hybridized carbons (Fsp3) is 0.781. The first kappa shape index (κ1) is 30.8. The van der Waals surface area contributed by atoms with E-state index in [4.69, 9.17) is 9.47 Å². The average molecular weight is 559 g/mol. The molecule has 2 fully saturated rings. The standard InChI is InChI=1S/C32H50N2O6/c1-7-31-16-11-10-14-21-39-28(38)24(31)23-26(36)33(18-12-8-9-13-20-35)25-27(37)34(19-15-17-32(23,25)40-31)30(5,6)22-29(2,3)4/h11,15-17,23-25,35H,7-10,12-14,18-22H2,1-6H3/b16-11-/t23-,24+,25?,31-,32-/m0/s1. The first-order valence-electron chi connectivity index (χ1n) is 15.3. The lowest BCUT2D eigenvalue weighted by Gasteiger charge is -2.45. The Bertz CT molecular complexity index is 1030. The van der Waals surface area contributed by atoms with E-state index < -0.39 is 40.6 Å². The molecule has 0 aliphatic carbocycles. The van der Waals surface area contributed by atoms with E-state index in [0.29, 0.717) is 39.0 Å². The van der Waals surface area contributed by atoms with Crippen LogP contribution in [0.4, 0.5) is 0 Å². The molecule has 1 spiro atoms. The molecular formula is C32H50N2O6. The predicted octanol–water partition coefficient (Wildman–Crippen LogP) is 4.41. The SMILES string of the molecule is CC[C@]12/C=C\CCCOC(=O)[C@H]1[C@H]1C(=O)N(CCCCCCO)C3C(=O)N(C(C)(C)CC(C)(C)C)CC=C[C@@]31O2. The number of ether oxygens (including phenoxy) is 2. The summed E-state index contributed by atoms with van der Waals surface area (Å²) in [4.78, 5) is 46.4. The second-order valence-corrected chi connectivity index (χ2v) is 13.9. The number of fused-ring (bicyclic) bond motifs is 2. The van der Waals surface area contributed by atoms with Crippen LogP contribution >= 0.6 is 0 Å². The Balaban J connectivity index is 1.80. The number of hydrogen-bond acceptors (Lipinski definition) is 6. The molecule has 4 aliphatic heterocycles. The second-order valence-electron chi connectivity index (χ2n) is 13.9. The minimum atomic E-state index is -1.25. The van der Waals surface area contributed by atoms with Crippen LogP contribution in [0, 0.1) is 17.3 Å². The molecule has 0 bridgehead atoms. The van der Waals surface area contributed by atoms with Crippen LogP contribution < -0.4 is 0 Å². The molecule has 0 aromatic carbocycles. The molecular weight excluding hydrogens is 508 g/mol. The Morgan fingerprint density at radius 2 is 1.70 bits per heavy atom. The van der Waals surface area contributed by atoms with Crippen molar-refractivity contribution >= 4 is 17.8 Å². The van der Waals surface area contributed by atoms with Gasteiger partial charge in [-0.15, -0.1) is 0 Å². The molecule has 4 aliphatic rings. The summed E-state index contributed by atoms with van der Waals surface area (Å²) in [6, 6.07) is -0.860. The van der Waals surface area contributed by atoms with Gasteiger partial charge in [0, 0.05) is 25.2 Å². The van der Waals surface area contributed by atoms with Crippen molar-refractivity contribution in [2.75, 3.05) is 26.3 Å². The molecule has 5 atom stereocenters. The summed E-state index contributed by atoms with van der Waals surface area (Å²) in [7, 11) is 0. The van der Waals surface area contributed by atoms with Crippen LogP contribution in [-0.4, -0.2) is 81.8 Å². The summed E-state index contributed by atoms with van der Waals surface area (Å²) in [5.74, 6) is -2.41. The van der Waals surface area contributed by atoms with E-state index in [0.717, 1.165) is 32.1 Å². The first-order valence-corrected chi connectivity index (χ1v) is 15.3. The van der Waals surface area contributed by atoms with E-state index in [2.05, 4.69) is 34.6 Å². The number of rotatable bonds is 9. The van der Waals surface area contributed by atoms with Crippen molar-refractivity contribution in [3.8, 4) is 0 Å². The lowest BCUT2D eigenvalue weighted by atomic mass is 9.73. The van der Waals surface area contributed by atoms with Gasteiger partial charge < -0.3 is 24.4 Å². The highest BCUT2D eigenvalue weighted by Gasteiger charge is 2.75. The van der Waals surface area contributed by atoms with E-state index in [9.17, 15) is 19.5 Å². The Kier molecular flexibility index (Phi) is 8.92. The van der Waals surface area contributed by atoms with Crippen molar-refractivity contribution in [2.24, 2.45) is 17.3 Å². The van der Waals surface area contributed by atoms with Crippen LogP contribution in [-0.2, 0) is 23.9 Å². The number of carbonyl (C=O) groups excluding carboxylic acids is 3. The van der Waals surface area contributed by atoms with Crippen LogP contribution in [0.3, 0.4) is 0 Å². The number of aliphatic hydroxyl groups excluding tert-OH is 1. The van der Waals surface area contributed by atoms with Gasteiger partial charge in [0.1, 0.15) is 23.2 Å². The molecule has 2 amide bonds. The lowest BCUT2D eigenvalue weighted by Crippen LogP contribution is -2.60. The summed E-state index contributed by atoms with van der Waals surface area (Å²) in [5, 5.41) is 9.19. The lowest BCUT2D eigenvalue weighted by molar-refractivity contribution is -0.162. The van der Waals surface area contributed by atoms with E-state index in [1.807, 2.05) is 36.1 Å². The monoisotopic (exact) mass is 558 g/mol. The molecule has 4 rings (SSSR count). The fourth-order valence-electron chi connectivity index (χ4n) is 7.80. The maximum atomic E-state index is 14.7. The zero-order valence-corrected chi connectivity index (χ0v) is 25.4. The topological polar surface area (TPSA) is 96.4 Å². The normalized spacial score (nSPS) is 33.5. The summed E-state index contributed by atoms with van der Waals surface area (Å²) >= 11 is 0. The molecule has 224 valence electrons. The molecule has 0 radical (unpaired) electrons. The summed E-state index contributed by atoms with van der Waals surface area (Å²) < 4.78 is 12.7. The van der Waals surface area contributed by atoms with Gasteiger partial charge in [0.25, 0.3) is 0 Å². The van der Waals surface area contributed by atoms with Crippen molar-refractivity contribution in [1.29, 1.82) is 0 Å². The zero-order valence-electron chi connectivity index (χ0n) is 25.4. The Morgan fingerprint density at radius 3 is 2.38 bits per heavy atom. The number of carbonyl (C=O) groups is 3. The highest BCUT2D eigenvalue weighted by molar-refractivity contribution is 5.99. The smallest absolute Gasteiger partial charge is 0.313 e. The van der Waals surface area contributed by atoms with Crippen molar-refractivity contribution < 1.29 is 29.0 Å². The Labute approximate surface area is 240 Å². The van der Waals surface area contributed by atoms with Crippen LogP contribution in [0.1, 0.15) is 92.9 Å². The summed E-state index contributed by atoms with van der Waals surface area (Å²) in [5.41, 5.74) is -2.74. The molecule has 0 saturated carbocycles. The van der Waals surface area contributed by atoms with Crippen LogP contribution in [0.15, 0.2) is 24.3 Å². The minimum Gasteiger partial charge on any atom is -0.465 e. The molecule has 40 heavy (non-hydrogen) atoms. The van der Waals surface area contributed by atoms with Gasteiger partial charge in [-0.25, -0.2) is 0 Å². The van der Waals surface area contributed by atoms with Gasteiger partial charge in [0.2, 0.25) is 11.8 Å². The number of amides is 2. The average Bonchev–Trinajstić information content (AvgIpc) is 3.23. The molecule has 1 unspecified atom stereocenters. The molecule has 8 heteroatoms. The largest absolute Gasteiger partial charge is 0.465 e. The fourth-order valence-corrected chi connectivity index (χ4v) is 7.80. The van der Waals surface area contributed by atoms with Gasteiger partial charge in [-0.1, -0.05) is 64.8 Å². The van der Waals surface area contributed by atoms with Gasteiger partial charge in [-0.05, 0) is 57.8 Å². The van der Waals surface area contributed by atoms with Crippen molar-refractivity contribution in [3.05, 3.63) is 24.3 Å². The van der Waals surface area contributed by atoms with Gasteiger partial charge in [-0.3, -0.25) is 14.4 Å². The zero-order chi connectivity index (χ0) is 29.3. The molecule has 0 aromatic heterocycles. The van der Waals surface area contributed by atoms with E-state index >= 15 is 0 Å². The number of hydrogen-bond donors (Lipinski definition) is 1. The van der Waals surface area contributed by atoms with E-state index in [-0.39, 0.29) is 23.8 Å². The summed E-state index contributed by atoms with van der Waals surface area (Å²) in [6.07, 6.45) is 13.8. The molecule has 8 nitrogen and oxygen atoms in total. The number of allylic oxidation sites excluding steroid dienone is 1. The van der Waals surface area contributed by atoms with Gasteiger partial charge in [-0.2, -0.15) is 0 Å². The molecule has 0 aromatic rings. The third-order valence-electron chi connectivity index (χ3n) is 9.13. The maximum Gasteiger partial charge on any atom is 0.313 e. The predicted molar refractivity (Wildman–Crippen MR) is 153 cm³/mol. The second kappa shape index (κ2) is 11.6.